The Kier molecular flexibility index (Phi) is 7.62. The van der Waals surface area contributed by atoms with Crippen LogP contribution >= 0.6 is 11.6 Å². The molecule has 1 amide bonds. The molecule has 0 spiro atoms. The number of amides is 1. The van der Waals surface area contributed by atoms with Crippen LogP contribution in [0.1, 0.15) is 28.8 Å². The fourth-order valence-corrected chi connectivity index (χ4v) is 4.97. The Bertz CT molecular complexity index is 1290. The lowest BCUT2D eigenvalue weighted by Gasteiger charge is -2.27. The van der Waals surface area contributed by atoms with Crippen molar-refractivity contribution in [2.24, 2.45) is 5.10 Å². The number of hydrazone groups is 1. The standard InChI is InChI=1S/C25H25ClN4O3S/c26-21-9-5-10-23(17-21)29-34(32,33)24-11-4-8-20(16-24)25(31)28-27-22-12-14-30(15-13-22)18-19-6-2-1-3-7-19/h1-11,16-17,29H,12-15,18H2,(H,28,31). The molecule has 7 nitrogen and oxygen atoms in total. The van der Waals surface area contributed by atoms with Crippen LogP contribution in [0.2, 0.25) is 5.02 Å². The van der Waals surface area contributed by atoms with E-state index in [-0.39, 0.29) is 10.5 Å². The Morgan fingerprint density at radius 3 is 2.41 bits per heavy atom. The molecule has 3 aromatic carbocycles. The molecule has 1 saturated heterocycles. The topological polar surface area (TPSA) is 90.9 Å². The lowest BCUT2D eigenvalue weighted by molar-refractivity contribution is 0.0954. The van der Waals surface area contributed by atoms with Gasteiger partial charge in [-0.2, -0.15) is 5.10 Å². The number of carbonyl (C=O) groups excluding carboxylic acids is 1. The van der Waals surface area contributed by atoms with E-state index in [1.54, 1.807) is 24.3 Å². The van der Waals surface area contributed by atoms with Crippen LogP contribution in [-0.4, -0.2) is 38.0 Å². The predicted octanol–water partition coefficient (Wildman–Crippen LogP) is 4.52. The van der Waals surface area contributed by atoms with Crippen LogP contribution in [0.4, 0.5) is 5.69 Å². The number of piperidine rings is 1. The van der Waals surface area contributed by atoms with Gasteiger partial charge in [-0.3, -0.25) is 14.4 Å². The van der Waals surface area contributed by atoms with Crippen molar-refractivity contribution in [2.75, 3.05) is 17.8 Å². The number of nitrogens with one attached hydrogen (secondary N) is 2. The highest BCUT2D eigenvalue weighted by molar-refractivity contribution is 7.92. The number of nitrogens with zero attached hydrogens (tertiary/aromatic N) is 2. The SMILES string of the molecule is O=C(NN=C1CCN(Cc2ccccc2)CC1)c1cccc(S(=O)(=O)Nc2cccc(Cl)c2)c1. The third-order valence-corrected chi connectivity index (χ3v) is 7.10. The van der Waals surface area contributed by atoms with Gasteiger partial charge in [0.15, 0.2) is 0 Å². The van der Waals surface area contributed by atoms with Gasteiger partial charge in [0, 0.05) is 48.8 Å². The van der Waals surface area contributed by atoms with Crippen molar-refractivity contribution in [3.8, 4) is 0 Å². The van der Waals surface area contributed by atoms with Gasteiger partial charge < -0.3 is 0 Å². The minimum atomic E-state index is -3.88. The van der Waals surface area contributed by atoms with Gasteiger partial charge in [0.05, 0.1) is 10.6 Å². The maximum absolute atomic E-state index is 12.7. The van der Waals surface area contributed by atoms with E-state index in [2.05, 4.69) is 32.3 Å². The molecule has 1 fully saturated rings. The monoisotopic (exact) mass is 496 g/mol. The van der Waals surface area contributed by atoms with Crippen LogP contribution < -0.4 is 10.1 Å². The molecule has 1 heterocycles. The number of carbonyl (C=O) groups is 1. The summed E-state index contributed by atoms with van der Waals surface area (Å²) in [5, 5.41) is 4.70. The molecule has 1 aliphatic rings. The number of hydrogen-bond acceptors (Lipinski definition) is 5. The van der Waals surface area contributed by atoms with Gasteiger partial charge in [-0.1, -0.05) is 54.1 Å². The summed E-state index contributed by atoms with van der Waals surface area (Å²) in [5.41, 5.74) is 5.31. The van der Waals surface area contributed by atoms with Crippen molar-refractivity contribution >= 4 is 38.9 Å². The van der Waals surface area contributed by atoms with E-state index in [1.165, 1.54) is 29.8 Å². The maximum Gasteiger partial charge on any atom is 0.271 e. The lowest BCUT2D eigenvalue weighted by atomic mass is 10.1. The predicted molar refractivity (Wildman–Crippen MR) is 135 cm³/mol. The first-order valence-electron chi connectivity index (χ1n) is 10.9. The minimum Gasteiger partial charge on any atom is -0.298 e. The van der Waals surface area contributed by atoms with Crippen molar-refractivity contribution < 1.29 is 13.2 Å². The Hall–Kier alpha value is -3.20. The van der Waals surface area contributed by atoms with Gasteiger partial charge in [0.2, 0.25) is 0 Å². The molecule has 2 N–H and O–H groups in total. The molecule has 1 aliphatic heterocycles. The zero-order valence-electron chi connectivity index (χ0n) is 18.4. The van der Waals surface area contributed by atoms with Crippen molar-refractivity contribution in [2.45, 2.75) is 24.3 Å². The van der Waals surface area contributed by atoms with Crippen molar-refractivity contribution in [1.29, 1.82) is 0 Å². The summed E-state index contributed by atoms with van der Waals surface area (Å²) in [7, 11) is -3.88. The van der Waals surface area contributed by atoms with Gasteiger partial charge in [-0.05, 0) is 42.0 Å². The molecule has 4 rings (SSSR count). The third-order valence-electron chi connectivity index (χ3n) is 5.48. The van der Waals surface area contributed by atoms with E-state index < -0.39 is 15.9 Å². The summed E-state index contributed by atoms with van der Waals surface area (Å²) < 4.78 is 27.9. The first kappa shape index (κ1) is 23.9. The summed E-state index contributed by atoms with van der Waals surface area (Å²) in [6, 6.07) is 22.5. The fraction of sp³-hybridized carbons (Fsp3) is 0.200. The smallest absolute Gasteiger partial charge is 0.271 e. The lowest BCUT2D eigenvalue weighted by Crippen LogP contribution is -2.34. The minimum absolute atomic E-state index is 0.0259. The highest BCUT2D eigenvalue weighted by atomic mass is 35.5. The second kappa shape index (κ2) is 10.8. The number of rotatable bonds is 7. The Morgan fingerprint density at radius 2 is 1.68 bits per heavy atom. The third kappa shape index (κ3) is 6.44. The van der Waals surface area contributed by atoms with Crippen LogP contribution in [-0.2, 0) is 16.6 Å². The average molecular weight is 497 g/mol. The fourth-order valence-electron chi connectivity index (χ4n) is 3.69. The molecular formula is C25H25ClN4O3S. The molecule has 0 unspecified atom stereocenters. The van der Waals surface area contributed by atoms with Gasteiger partial charge in [-0.15, -0.1) is 0 Å². The number of benzene rings is 3. The van der Waals surface area contributed by atoms with E-state index in [9.17, 15) is 13.2 Å². The molecule has 0 atom stereocenters. The Morgan fingerprint density at radius 1 is 0.941 bits per heavy atom. The summed E-state index contributed by atoms with van der Waals surface area (Å²) in [6.07, 6.45) is 1.54. The zero-order valence-corrected chi connectivity index (χ0v) is 20.0. The van der Waals surface area contributed by atoms with Gasteiger partial charge in [-0.25, -0.2) is 13.8 Å². The van der Waals surface area contributed by atoms with Crippen LogP contribution in [0.3, 0.4) is 0 Å². The van der Waals surface area contributed by atoms with E-state index in [0.717, 1.165) is 38.2 Å². The second-order valence-electron chi connectivity index (χ2n) is 8.02. The average Bonchev–Trinajstić information content (AvgIpc) is 2.84. The van der Waals surface area contributed by atoms with Gasteiger partial charge >= 0.3 is 0 Å². The molecule has 0 saturated carbocycles. The van der Waals surface area contributed by atoms with E-state index in [4.69, 9.17) is 11.6 Å². The number of sulfonamides is 1. The molecule has 3 aromatic rings. The van der Waals surface area contributed by atoms with Crippen molar-refractivity contribution in [3.05, 3.63) is 95.0 Å². The zero-order chi connectivity index (χ0) is 24.0. The largest absolute Gasteiger partial charge is 0.298 e. The van der Waals surface area contributed by atoms with Crippen LogP contribution in [0.5, 0.6) is 0 Å². The molecule has 34 heavy (non-hydrogen) atoms. The number of hydrogen-bond donors (Lipinski definition) is 2. The normalized spacial score (nSPS) is 14.4. The first-order chi connectivity index (χ1) is 16.4. The highest BCUT2D eigenvalue weighted by Gasteiger charge is 2.18. The highest BCUT2D eigenvalue weighted by Crippen LogP contribution is 2.20. The Labute approximate surface area is 204 Å². The quantitative estimate of drug-likeness (QED) is 0.470. The van der Waals surface area contributed by atoms with Crippen LogP contribution in [0.25, 0.3) is 0 Å². The Balaban J connectivity index is 1.35. The molecule has 0 aromatic heterocycles. The van der Waals surface area contributed by atoms with E-state index >= 15 is 0 Å². The molecule has 9 heteroatoms. The molecular weight excluding hydrogens is 472 g/mol. The summed E-state index contributed by atoms with van der Waals surface area (Å²) in [5.74, 6) is -0.459. The molecule has 0 aliphatic carbocycles. The van der Waals surface area contributed by atoms with Crippen molar-refractivity contribution in [1.82, 2.24) is 10.3 Å². The van der Waals surface area contributed by atoms with Crippen molar-refractivity contribution in [3.63, 3.8) is 0 Å². The summed E-state index contributed by atoms with van der Waals surface area (Å²) in [4.78, 5) is 14.9. The van der Waals surface area contributed by atoms with Gasteiger partial charge in [0.1, 0.15) is 0 Å². The molecule has 0 radical (unpaired) electrons. The molecule has 0 bridgehead atoms. The summed E-state index contributed by atoms with van der Waals surface area (Å²) >= 11 is 5.93. The number of anilines is 1. The van der Waals surface area contributed by atoms with Gasteiger partial charge in [0.25, 0.3) is 15.9 Å². The van der Waals surface area contributed by atoms with Crippen LogP contribution in [0.15, 0.2) is 88.9 Å². The summed E-state index contributed by atoms with van der Waals surface area (Å²) in [6.45, 7) is 2.63. The van der Waals surface area contributed by atoms with E-state index in [1.807, 2.05) is 18.2 Å². The molecule has 176 valence electrons. The second-order valence-corrected chi connectivity index (χ2v) is 10.1. The number of halogens is 1. The van der Waals surface area contributed by atoms with Crippen LogP contribution in [0, 0.1) is 0 Å². The number of likely N-dealkylation sites (tertiary alicyclic amines) is 1. The van der Waals surface area contributed by atoms with E-state index in [0.29, 0.717) is 10.7 Å². The maximum atomic E-state index is 12.7. The first-order valence-corrected chi connectivity index (χ1v) is 12.8.